The van der Waals surface area contributed by atoms with Gasteiger partial charge in [0.05, 0.1) is 0 Å². The van der Waals surface area contributed by atoms with Gasteiger partial charge in [-0.1, -0.05) is 18.9 Å². The SMILES string of the molecule is CC1CNSC1. The van der Waals surface area contributed by atoms with Crippen LogP contribution in [0.4, 0.5) is 0 Å². The Bertz CT molecular complexity index is 40.8. The van der Waals surface area contributed by atoms with E-state index in [9.17, 15) is 0 Å². The lowest BCUT2D eigenvalue weighted by Crippen LogP contribution is -2.01. The summed E-state index contributed by atoms with van der Waals surface area (Å²) in [6.07, 6.45) is 0. The van der Waals surface area contributed by atoms with Gasteiger partial charge in [0.15, 0.2) is 0 Å². The van der Waals surface area contributed by atoms with Gasteiger partial charge in [0.1, 0.15) is 0 Å². The minimum atomic E-state index is 0.898. The number of nitrogens with one attached hydrogen (secondary N) is 1. The van der Waals surface area contributed by atoms with Crippen molar-refractivity contribution in [1.29, 1.82) is 0 Å². The second-order valence-electron chi connectivity index (χ2n) is 1.76. The van der Waals surface area contributed by atoms with Crippen molar-refractivity contribution in [1.82, 2.24) is 4.72 Å². The highest BCUT2D eigenvalue weighted by molar-refractivity contribution is 7.97. The summed E-state index contributed by atoms with van der Waals surface area (Å²) in [4.78, 5) is 0. The van der Waals surface area contributed by atoms with Gasteiger partial charge in [-0.25, -0.2) is 0 Å². The Morgan fingerprint density at radius 3 is 2.83 bits per heavy atom. The Morgan fingerprint density at radius 2 is 2.67 bits per heavy atom. The highest BCUT2D eigenvalue weighted by Gasteiger charge is 2.07. The van der Waals surface area contributed by atoms with Gasteiger partial charge in [-0.15, -0.1) is 0 Å². The highest BCUT2D eigenvalue weighted by atomic mass is 32.2. The summed E-state index contributed by atoms with van der Waals surface area (Å²) in [6, 6.07) is 0. The van der Waals surface area contributed by atoms with E-state index < -0.39 is 0 Å². The molecule has 1 aliphatic heterocycles. The van der Waals surface area contributed by atoms with Crippen LogP contribution >= 0.6 is 11.9 Å². The predicted octanol–water partition coefficient (Wildman–Crippen LogP) is 0.874. The van der Waals surface area contributed by atoms with Gasteiger partial charge < -0.3 is 0 Å². The average Bonchev–Trinajstić information content (AvgIpc) is 1.86. The summed E-state index contributed by atoms with van der Waals surface area (Å²) in [5.41, 5.74) is 0. The quantitative estimate of drug-likeness (QED) is 0.457. The zero-order chi connectivity index (χ0) is 4.41. The lowest BCUT2D eigenvalue weighted by molar-refractivity contribution is 0.685. The molecule has 0 saturated carbocycles. The smallest absolute Gasteiger partial charge is 0.0117 e. The second-order valence-corrected chi connectivity index (χ2v) is 2.68. The van der Waals surface area contributed by atoms with Crippen molar-refractivity contribution >= 4 is 11.9 Å². The zero-order valence-electron chi connectivity index (χ0n) is 3.90. The maximum atomic E-state index is 3.19. The fourth-order valence-corrected chi connectivity index (χ4v) is 1.38. The molecule has 0 aromatic rings. The summed E-state index contributed by atoms with van der Waals surface area (Å²) in [5, 5.41) is 0. The van der Waals surface area contributed by atoms with E-state index in [1.807, 2.05) is 11.9 Å². The molecule has 0 aliphatic carbocycles. The summed E-state index contributed by atoms with van der Waals surface area (Å²) in [5.74, 6) is 2.19. The third-order valence-corrected chi connectivity index (χ3v) is 2.01. The Morgan fingerprint density at radius 1 is 1.83 bits per heavy atom. The van der Waals surface area contributed by atoms with Crippen LogP contribution in [0.15, 0.2) is 0 Å². The molecule has 0 bridgehead atoms. The third kappa shape index (κ3) is 0.884. The van der Waals surface area contributed by atoms with Crippen molar-refractivity contribution in [2.24, 2.45) is 5.92 Å². The van der Waals surface area contributed by atoms with Crippen LogP contribution in [-0.4, -0.2) is 12.3 Å². The van der Waals surface area contributed by atoms with Crippen LogP contribution in [0.25, 0.3) is 0 Å². The maximum Gasteiger partial charge on any atom is 0.0117 e. The molecule has 36 valence electrons. The molecule has 0 aromatic heterocycles. The van der Waals surface area contributed by atoms with Crippen LogP contribution < -0.4 is 4.72 Å². The minimum absolute atomic E-state index is 0.898. The number of rotatable bonds is 0. The first-order valence-electron chi connectivity index (χ1n) is 2.24. The second kappa shape index (κ2) is 1.85. The fraction of sp³-hybridized carbons (Fsp3) is 1.00. The molecule has 2 heteroatoms. The fourth-order valence-electron chi connectivity index (χ4n) is 0.461. The van der Waals surface area contributed by atoms with E-state index in [0.29, 0.717) is 0 Å². The standard InChI is InChI=1S/C4H9NS/c1-4-2-5-6-3-4/h4-5H,2-3H2,1H3. The van der Waals surface area contributed by atoms with Crippen LogP contribution in [0, 0.1) is 5.92 Å². The van der Waals surface area contributed by atoms with Gasteiger partial charge in [-0.2, -0.15) is 0 Å². The molecule has 1 heterocycles. The topological polar surface area (TPSA) is 12.0 Å². The third-order valence-electron chi connectivity index (χ3n) is 0.902. The van der Waals surface area contributed by atoms with Crippen molar-refractivity contribution in [3.8, 4) is 0 Å². The molecule has 1 nitrogen and oxygen atoms in total. The van der Waals surface area contributed by atoms with E-state index in [1.54, 1.807) is 0 Å². The van der Waals surface area contributed by atoms with Crippen molar-refractivity contribution in [2.75, 3.05) is 12.3 Å². The number of hydrogen-bond donors (Lipinski definition) is 1. The lowest BCUT2D eigenvalue weighted by atomic mass is 10.2. The summed E-state index contributed by atoms with van der Waals surface area (Å²) in [6.45, 7) is 3.46. The monoisotopic (exact) mass is 103 g/mol. The van der Waals surface area contributed by atoms with Gasteiger partial charge in [0.2, 0.25) is 0 Å². The molecule has 6 heavy (non-hydrogen) atoms. The highest BCUT2D eigenvalue weighted by Crippen LogP contribution is 2.10. The van der Waals surface area contributed by atoms with Crippen molar-refractivity contribution in [3.05, 3.63) is 0 Å². The average molecular weight is 103 g/mol. The summed E-state index contributed by atoms with van der Waals surface area (Å²) in [7, 11) is 0. The van der Waals surface area contributed by atoms with E-state index >= 15 is 0 Å². The van der Waals surface area contributed by atoms with Gasteiger partial charge in [0, 0.05) is 12.3 Å². The van der Waals surface area contributed by atoms with Crippen LogP contribution in [-0.2, 0) is 0 Å². The van der Waals surface area contributed by atoms with E-state index in [-0.39, 0.29) is 0 Å². The minimum Gasteiger partial charge on any atom is -0.264 e. The van der Waals surface area contributed by atoms with Crippen molar-refractivity contribution in [3.63, 3.8) is 0 Å². The van der Waals surface area contributed by atoms with Crippen molar-refractivity contribution in [2.45, 2.75) is 6.92 Å². The molecule has 1 saturated heterocycles. The molecule has 1 fully saturated rings. The molecule has 1 N–H and O–H groups in total. The van der Waals surface area contributed by atoms with Crippen LogP contribution in [0.2, 0.25) is 0 Å². The Kier molecular flexibility index (Phi) is 1.37. The molecule has 0 spiro atoms. The van der Waals surface area contributed by atoms with Crippen LogP contribution in [0.1, 0.15) is 6.92 Å². The van der Waals surface area contributed by atoms with Crippen LogP contribution in [0.3, 0.4) is 0 Å². The van der Waals surface area contributed by atoms with Crippen LogP contribution in [0.5, 0.6) is 0 Å². The molecule has 1 rings (SSSR count). The zero-order valence-corrected chi connectivity index (χ0v) is 4.72. The molecule has 1 atom stereocenters. The molecular weight excluding hydrogens is 94.1 g/mol. The normalized spacial score (nSPS) is 34.5. The van der Waals surface area contributed by atoms with Gasteiger partial charge >= 0.3 is 0 Å². The maximum absolute atomic E-state index is 3.19. The van der Waals surface area contributed by atoms with Gasteiger partial charge in [-0.05, 0) is 5.92 Å². The lowest BCUT2D eigenvalue weighted by Gasteiger charge is -1.88. The van der Waals surface area contributed by atoms with E-state index in [1.165, 1.54) is 12.3 Å². The first kappa shape index (κ1) is 4.47. The number of hydrogen-bond acceptors (Lipinski definition) is 2. The van der Waals surface area contributed by atoms with E-state index in [4.69, 9.17) is 0 Å². The molecular formula is C4H9NS. The van der Waals surface area contributed by atoms with E-state index in [0.717, 1.165) is 5.92 Å². The van der Waals surface area contributed by atoms with E-state index in [2.05, 4.69) is 11.6 Å². The molecule has 1 unspecified atom stereocenters. The Labute approximate surface area is 42.6 Å². The Hall–Kier alpha value is 0.310. The largest absolute Gasteiger partial charge is 0.264 e. The molecule has 0 aromatic carbocycles. The molecule has 0 amide bonds. The van der Waals surface area contributed by atoms with Gasteiger partial charge in [-0.3, -0.25) is 4.72 Å². The van der Waals surface area contributed by atoms with Crippen molar-refractivity contribution < 1.29 is 0 Å². The first-order chi connectivity index (χ1) is 2.89. The molecule has 0 radical (unpaired) electrons. The predicted molar refractivity (Wildman–Crippen MR) is 29.6 cm³/mol. The first-order valence-corrected chi connectivity index (χ1v) is 3.23. The summed E-state index contributed by atoms with van der Waals surface area (Å²) >= 11 is 1.83. The summed E-state index contributed by atoms with van der Waals surface area (Å²) < 4.78 is 3.19. The molecule has 1 aliphatic rings. The Balaban J connectivity index is 2.18. The van der Waals surface area contributed by atoms with Gasteiger partial charge in [0.25, 0.3) is 0 Å².